The second-order valence-electron chi connectivity index (χ2n) is 8.91. The first kappa shape index (κ1) is 25.7. The summed E-state index contributed by atoms with van der Waals surface area (Å²) in [5.74, 6) is -2.40. The standard InChI is InChI=1S/C18H23B3FN2O10P/c1-30-11-4-2-3-9-8-31-35(29,32-13(9)11)34-18(20,21)16(22)5-12(26)17(19,33-16)24-6-10(7-25)14(27)23-15(24)28/h2-4,6,12,25-26H,5,7-8,19-21H2,1H3,(H,23,27,28)/t12-,16+,17+,35?/m1/s1. The Bertz CT molecular complexity index is 1310. The van der Waals surface area contributed by atoms with Crippen molar-refractivity contribution in [3.63, 3.8) is 0 Å². The van der Waals surface area contributed by atoms with E-state index in [9.17, 15) is 24.4 Å². The SMILES string of the molecule is BC(B)(OP1(=O)OCc2cccc(OC)c2O1)[C@]1(F)C[C@@H](O)[C@](B)(n2cc(CO)c(=O)[nH]c2=O)O1. The predicted molar refractivity (Wildman–Crippen MR) is 126 cm³/mol. The van der Waals surface area contributed by atoms with E-state index in [0.717, 1.165) is 10.8 Å². The first-order valence-corrected chi connectivity index (χ1v) is 12.1. The summed E-state index contributed by atoms with van der Waals surface area (Å²) >= 11 is 0. The van der Waals surface area contributed by atoms with Crippen LogP contribution in [0.4, 0.5) is 4.39 Å². The van der Waals surface area contributed by atoms with Gasteiger partial charge in [0.05, 0.1) is 37.4 Å². The van der Waals surface area contributed by atoms with E-state index in [1.807, 2.05) is 4.98 Å². The first-order chi connectivity index (χ1) is 16.3. The molecule has 3 heterocycles. The van der Waals surface area contributed by atoms with Crippen molar-refractivity contribution in [1.29, 1.82) is 0 Å². The molecule has 17 heteroatoms. The smallest absolute Gasteiger partial charge is 0.493 e. The Labute approximate surface area is 201 Å². The fourth-order valence-corrected chi connectivity index (χ4v) is 5.59. The summed E-state index contributed by atoms with van der Waals surface area (Å²) in [6.07, 6.45) is -1.33. The summed E-state index contributed by atoms with van der Waals surface area (Å²) < 4.78 is 57.5. The molecule has 12 nitrogen and oxygen atoms in total. The van der Waals surface area contributed by atoms with Gasteiger partial charge in [0, 0.05) is 18.2 Å². The number of halogens is 1. The molecular weight excluding hydrogens is 487 g/mol. The second-order valence-corrected chi connectivity index (χ2v) is 10.4. The third kappa shape index (κ3) is 4.28. The number of benzene rings is 1. The van der Waals surface area contributed by atoms with Crippen LogP contribution in [0.1, 0.15) is 17.5 Å². The summed E-state index contributed by atoms with van der Waals surface area (Å²) in [4.78, 5) is 26.2. The number of phosphoric ester groups is 1. The Balaban J connectivity index is 1.64. The van der Waals surface area contributed by atoms with Crippen LogP contribution in [0.2, 0.25) is 0 Å². The van der Waals surface area contributed by atoms with E-state index in [1.54, 1.807) is 18.2 Å². The van der Waals surface area contributed by atoms with Crippen molar-refractivity contribution in [2.45, 2.75) is 42.6 Å². The number of aromatic amines is 1. The molecule has 0 radical (unpaired) electrons. The third-order valence-corrected chi connectivity index (χ3v) is 7.74. The maximum absolute atomic E-state index is 16.3. The molecule has 2 aliphatic heterocycles. The van der Waals surface area contributed by atoms with Gasteiger partial charge < -0.3 is 24.2 Å². The maximum Gasteiger partial charge on any atom is 0.529 e. The number of aromatic nitrogens is 2. The number of alkyl halides is 1. The summed E-state index contributed by atoms with van der Waals surface area (Å²) in [5, 5.41) is 18.1. The topological polar surface area (TPSA) is 159 Å². The molecule has 0 saturated carbocycles. The fourth-order valence-electron chi connectivity index (χ4n) is 4.03. The van der Waals surface area contributed by atoms with Crippen molar-refractivity contribution in [3.8, 4) is 11.5 Å². The lowest BCUT2D eigenvalue weighted by Crippen LogP contribution is -2.56. The second kappa shape index (κ2) is 8.65. The number of nitrogens with one attached hydrogen (secondary N) is 1. The van der Waals surface area contributed by atoms with Gasteiger partial charge in [-0.1, -0.05) is 12.1 Å². The minimum atomic E-state index is -4.40. The van der Waals surface area contributed by atoms with Gasteiger partial charge in [-0.3, -0.25) is 23.4 Å². The van der Waals surface area contributed by atoms with E-state index in [1.165, 1.54) is 30.6 Å². The number of methoxy groups -OCH3 is 1. The van der Waals surface area contributed by atoms with Crippen LogP contribution in [0, 0.1) is 0 Å². The van der Waals surface area contributed by atoms with Gasteiger partial charge in [0.15, 0.2) is 19.3 Å². The minimum Gasteiger partial charge on any atom is -0.493 e. The first-order valence-electron chi connectivity index (χ1n) is 10.6. The summed E-state index contributed by atoms with van der Waals surface area (Å²) in [5.41, 5.74) is -3.49. The highest BCUT2D eigenvalue weighted by Gasteiger charge is 2.63. The van der Waals surface area contributed by atoms with Crippen LogP contribution in [0.3, 0.4) is 0 Å². The quantitative estimate of drug-likeness (QED) is 0.278. The molecule has 0 bridgehead atoms. The average Bonchev–Trinajstić information content (AvgIpc) is 3.03. The number of hydrogen-bond donors (Lipinski definition) is 3. The van der Waals surface area contributed by atoms with Crippen LogP contribution in [0.5, 0.6) is 11.5 Å². The molecule has 1 aromatic carbocycles. The van der Waals surface area contributed by atoms with Crippen molar-refractivity contribution in [2.75, 3.05) is 7.11 Å². The Morgan fingerprint density at radius 3 is 2.77 bits per heavy atom. The van der Waals surface area contributed by atoms with Crippen LogP contribution in [-0.2, 0) is 37.2 Å². The molecule has 0 amide bonds. The molecule has 0 aliphatic carbocycles. The van der Waals surface area contributed by atoms with Crippen LogP contribution in [0.25, 0.3) is 0 Å². The van der Waals surface area contributed by atoms with E-state index in [2.05, 4.69) is 0 Å². The molecule has 1 aromatic heterocycles. The molecule has 2 aliphatic rings. The van der Waals surface area contributed by atoms with Gasteiger partial charge in [-0.25, -0.2) is 13.8 Å². The van der Waals surface area contributed by atoms with Crippen LogP contribution in [0.15, 0.2) is 34.0 Å². The highest BCUT2D eigenvalue weighted by atomic mass is 31.2. The zero-order valence-corrected chi connectivity index (χ0v) is 20.3. The van der Waals surface area contributed by atoms with Gasteiger partial charge in [0.1, 0.15) is 21.3 Å². The lowest BCUT2D eigenvalue weighted by molar-refractivity contribution is -0.219. The van der Waals surface area contributed by atoms with E-state index in [0.29, 0.717) is 5.56 Å². The van der Waals surface area contributed by atoms with E-state index >= 15 is 4.39 Å². The molecule has 4 atom stereocenters. The van der Waals surface area contributed by atoms with Crippen LogP contribution >= 0.6 is 7.82 Å². The van der Waals surface area contributed by atoms with Crippen LogP contribution < -0.4 is 20.5 Å². The average molecular weight is 510 g/mol. The Hall–Kier alpha value is -2.35. The van der Waals surface area contributed by atoms with Gasteiger partial charge in [0.25, 0.3) is 5.56 Å². The monoisotopic (exact) mass is 510 g/mol. The molecule has 1 unspecified atom stereocenters. The molecule has 1 saturated heterocycles. The van der Waals surface area contributed by atoms with Crippen molar-refractivity contribution in [2.24, 2.45) is 0 Å². The Morgan fingerprint density at radius 2 is 2.11 bits per heavy atom. The normalized spacial score (nSPS) is 30.5. The summed E-state index contributed by atoms with van der Waals surface area (Å²) in [6, 6.07) is 4.95. The van der Waals surface area contributed by atoms with Gasteiger partial charge in [0.2, 0.25) is 5.85 Å². The molecule has 186 valence electrons. The number of ether oxygens (including phenoxy) is 2. The van der Waals surface area contributed by atoms with Gasteiger partial charge in [-0.05, 0) is 6.07 Å². The molecule has 0 spiro atoms. The number of phosphoric acid groups is 1. The highest BCUT2D eigenvalue weighted by molar-refractivity contribution is 7.49. The van der Waals surface area contributed by atoms with E-state index < -0.39 is 55.1 Å². The largest absolute Gasteiger partial charge is 0.529 e. The number of aliphatic hydroxyl groups is 2. The Morgan fingerprint density at radius 1 is 1.40 bits per heavy atom. The number of H-pyrrole nitrogens is 1. The van der Waals surface area contributed by atoms with Crippen molar-refractivity contribution >= 4 is 31.4 Å². The van der Waals surface area contributed by atoms with Crippen molar-refractivity contribution in [3.05, 3.63) is 56.4 Å². The van der Waals surface area contributed by atoms with Crippen molar-refractivity contribution < 1.29 is 42.2 Å². The molecule has 2 aromatic rings. The van der Waals surface area contributed by atoms with Gasteiger partial charge in [-0.15, -0.1) is 0 Å². The number of para-hydroxylation sites is 1. The fraction of sp³-hybridized carbons (Fsp3) is 0.444. The van der Waals surface area contributed by atoms with Gasteiger partial charge >= 0.3 is 13.5 Å². The summed E-state index contributed by atoms with van der Waals surface area (Å²) in [7, 11) is 0.686. The molecular formula is C18H23B3FN2O10P. The molecule has 4 rings (SSSR count). The lowest BCUT2D eigenvalue weighted by atomic mass is 9.60. The number of hydrogen-bond acceptors (Lipinski definition) is 10. The van der Waals surface area contributed by atoms with Crippen LogP contribution in [-0.4, -0.2) is 67.8 Å². The molecule has 3 N–H and O–H groups in total. The molecule has 35 heavy (non-hydrogen) atoms. The maximum atomic E-state index is 16.3. The van der Waals surface area contributed by atoms with E-state index in [4.69, 9.17) is 23.0 Å². The number of fused-ring (bicyclic) bond motifs is 1. The number of aliphatic hydroxyl groups excluding tert-OH is 2. The number of rotatable bonds is 6. The predicted octanol–water partition coefficient (Wildman–Crippen LogP) is -2.62. The lowest BCUT2D eigenvalue weighted by Gasteiger charge is -2.41. The van der Waals surface area contributed by atoms with Gasteiger partial charge in [-0.2, -0.15) is 0 Å². The highest BCUT2D eigenvalue weighted by Crippen LogP contribution is 2.60. The zero-order chi connectivity index (χ0) is 25.8. The summed E-state index contributed by atoms with van der Waals surface area (Å²) in [6.45, 7) is -0.864. The third-order valence-electron chi connectivity index (χ3n) is 6.21. The minimum absolute atomic E-state index is 0.127. The number of nitrogens with zero attached hydrogens (tertiary/aromatic N) is 1. The molecule has 1 fully saturated rings. The van der Waals surface area contributed by atoms with E-state index in [-0.39, 0.29) is 23.7 Å². The Kier molecular flexibility index (Phi) is 6.36. The zero-order valence-electron chi connectivity index (χ0n) is 19.4. The van der Waals surface area contributed by atoms with Crippen molar-refractivity contribution in [1.82, 2.24) is 9.55 Å².